The molecular weight excluding hydrogens is 242 g/mol. The largest absolute Gasteiger partial charge is 0.326 e. The lowest BCUT2D eigenvalue weighted by Crippen LogP contribution is -2.02. The SMILES string of the molecule is Cc1ccnc(-c2nc(CC(C)C)c(CN)s2)c1. The number of thiazole rings is 1. The van der Waals surface area contributed by atoms with Crippen LogP contribution >= 0.6 is 11.3 Å². The molecule has 96 valence electrons. The molecule has 0 unspecified atom stereocenters. The van der Waals surface area contributed by atoms with Crippen molar-refractivity contribution in [1.29, 1.82) is 0 Å². The fraction of sp³-hybridized carbons (Fsp3) is 0.429. The summed E-state index contributed by atoms with van der Waals surface area (Å²) < 4.78 is 0. The number of hydrogen-bond acceptors (Lipinski definition) is 4. The van der Waals surface area contributed by atoms with Crippen LogP contribution in [-0.2, 0) is 13.0 Å². The second-order valence-electron chi connectivity index (χ2n) is 4.91. The van der Waals surface area contributed by atoms with E-state index in [0.29, 0.717) is 12.5 Å². The molecule has 0 atom stereocenters. The van der Waals surface area contributed by atoms with Gasteiger partial charge in [-0.25, -0.2) is 4.98 Å². The first-order chi connectivity index (χ1) is 8.60. The van der Waals surface area contributed by atoms with Crippen LogP contribution in [0.15, 0.2) is 18.3 Å². The van der Waals surface area contributed by atoms with E-state index in [9.17, 15) is 0 Å². The van der Waals surface area contributed by atoms with Gasteiger partial charge in [0.1, 0.15) is 5.01 Å². The number of pyridine rings is 1. The van der Waals surface area contributed by atoms with E-state index in [2.05, 4.69) is 31.8 Å². The number of nitrogens with zero attached hydrogens (tertiary/aromatic N) is 2. The Labute approximate surface area is 112 Å². The van der Waals surface area contributed by atoms with Crippen molar-refractivity contribution in [2.24, 2.45) is 11.7 Å². The van der Waals surface area contributed by atoms with Crippen molar-refractivity contribution in [3.63, 3.8) is 0 Å². The van der Waals surface area contributed by atoms with E-state index < -0.39 is 0 Å². The van der Waals surface area contributed by atoms with E-state index in [1.165, 1.54) is 10.4 Å². The van der Waals surface area contributed by atoms with Crippen molar-refractivity contribution in [1.82, 2.24) is 9.97 Å². The highest BCUT2D eigenvalue weighted by Gasteiger charge is 2.13. The molecule has 2 rings (SSSR count). The third-order valence-corrected chi connectivity index (χ3v) is 3.84. The van der Waals surface area contributed by atoms with Crippen LogP contribution in [0.5, 0.6) is 0 Å². The minimum Gasteiger partial charge on any atom is -0.326 e. The maximum absolute atomic E-state index is 5.80. The third kappa shape index (κ3) is 2.94. The Bertz CT molecular complexity index is 532. The lowest BCUT2D eigenvalue weighted by molar-refractivity contribution is 0.634. The van der Waals surface area contributed by atoms with E-state index in [4.69, 9.17) is 10.7 Å². The van der Waals surface area contributed by atoms with Gasteiger partial charge in [-0.05, 0) is 37.0 Å². The molecule has 0 bridgehead atoms. The number of aryl methyl sites for hydroxylation is 1. The van der Waals surface area contributed by atoms with Crippen molar-refractivity contribution in [2.45, 2.75) is 33.7 Å². The second kappa shape index (κ2) is 5.59. The Morgan fingerprint density at radius 3 is 2.78 bits per heavy atom. The molecular formula is C14H19N3S. The lowest BCUT2D eigenvalue weighted by atomic mass is 10.1. The first-order valence-corrected chi connectivity index (χ1v) is 7.03. The van der Waals surface area contributed by atoms with Crippen LogP contribution in [0.3, 0.4) is 0 Å². The molecule has 18 heavy (non-hydrogen) atoms. The van der Waals surface area contributed by atoms with Crippen LogP contribution in [0.2, 0.25) is 0 Å². The highest BCUT2D eigenvalue weighted by atomic mass is 32.1. The maximum Gasteiger partial charge on any atom is 0.142 e. The van der Waals surface area contributed by atoms with Gasteiger partial charge >= 0.3 is 0 Å². The van der Waals surface area contributed by atoms with Gasteiger partial charge in [0.2, 0.25) is 0 Å². The Morgan fingerprint density at radius 2 is 2.17 bits per heavy atom. The van der Waals surface area contributed by atoms with Gasteiger partial charge in [-0.1, -0.05) is 13.8 Å². The molecule has 0 aliphatic heterocycles. The Kier molecular flexibility index (Phi) is 4.09. The van der Waals surface area contributed by atoms with Crippen LogP contribution in [0.25, 0.3) is 10.7 Å². The van der Waals surface area contributed by atoms with E-state index in [0.717, 1.165) is 22.8 Å². The standard InChI is InChI=1S/C14H19N3S/c1-9(2)6-11-13(8-15)18-14(17-11)12-7-10(3)4-5-16-12/h4-5,7,9H,6,8,15H2,1-3H3. The van der Waals surface area contributed by atoms with Crippen molar-refractivity contribution in [2.75, 3.05) is 0 Å². The average molecular weight is 261 g/mol. The predicted molar refractivity (Wildman–Crippen MR) is 76.5 cm³/mol. The molecule has 0 aliphatic rings. The predicted octanol–water partition coefficient (Wildman–Crippen LogP) is 3.17. The number of rotatable bonds is 4. The van der Waals surface area contributed by atoms with Gasteiger partial charge in [-0.3, -0.25) is 4.98 Å². The van der Waals surface area contributed by atoms with Gasteiger partial charge in [0.05, 0.1) is 11.4 Å². The summed E-state index contributed by atoms with van der Waals surface area (Å²) in [6, 6.07) is 4.06. The highest BCUT2D eigenvalue weighted by molar-refractivity contribution is 7.15. The van der Waals surface area contributed by atoms with E-state index in [1.807, 2.05) is 12.3 Å². The Morgan fingerprint density at radius 1 is 1.39 bits per heavy atom. The van der Waals surface area contributed by atoms with Crippen molar-refractivity contribution in [3.05, 3.63) is 34.5 Å². The normalized spacial score (nSPS) is 11.2. The summed E-state index contributed by atoms with van der Waals surface area (Å²) in [5, 5.41) is 0.981. The molecule has 2 aromatic heterocycles. The van der Waals surface area contributed by atoms with Crippen molar-refractivity contribution in [3.8, 4) is 10.7 Å². The average Bonchev–Trinajstić information content (AvgIpc) is 2.71. The van der Waals surface area contributed by atoms with Gasteiger partial charge in [-0.2, -0.15) is 0 Å². The zero-order chi connectivity index (χ0) is 13.1. The maximum atomic E-state index is 5.80. The first-order valence-electron chi connectivity index (χ1n) is 6.21. The molecule has 0 fully saturated rings. The molecule has 4 heteroatoms. The van der Waals surface area contributed by atoms with Crippen LogP contribution in [0, 0.1) is 12.8 Å². The fourth-order valence-electron chi connectivity index (χ4n) is 1.85. The smallest absolute Gasteiger partial charge is 0.142 e. The minimum absolute atomic E-state index is 0.561. The molecule has 2 N–H and O–H groups in total. The molecule has 0 saturated heterocycles. The van der Waals surface area contributed by atoms with Gasteiger partial charge in [-0.15, -0.1) is 11.3 Å². The van der Waals surface area contributed by atoms with Gasteiger partial charge < -0.3 is 5.73 Å². The van der Waals surface area contributed by atoms with E-state index in [-0.39, 0.29) is 0 Å². The highest BCUT2D eigenvalue weighted by Crippen LogP contribution is 2.28. The molecule has 0 aliphatic carbocycles. The monoisotopic (exact) mass is 261 g/mol. The minimum atomic E-state index is 0.561. The second-order valence-corrected chi connectivity index (χ2v) is 5.99. The first kappa shape index (κ1) is 13.2. The molecule has 0 radical (unpaired) electrons. The van der Waals surface area contributed by atoms with Crippen LogP contribution < -0.4 is 5.73 Å². The van der Waals surface area contributed by atoms with Crippen molar-refractivity contribution < 1.29 is 0 Å². The van der Waals surface area contributed by atoms with Crippen LogP contribution in [-0.4, -0.2) is 9.97 Å². The summed E-state index contributed by atoms with van der Waals surface area (Å²) in [5.41, 5.74) is 9.09. The topological polar surface area (TPSA) is 51.8 Å². The summed E-state index contributed by atoms with van der Waals surface area (Å²) >= 11 is 1.66. The zero-order valence-corrected chi connectivity index (χ0v) is 11.9. The fourth-order valence-corrected chi connectivity index (χ4v) is 2.79. The Balaban J connectivity index is 2.37. The summed E-state index contributed by atoms with van der Waals surface area (Å²) in [6.07, 6.45) is 2.81. The molecule has 2 heterocycles. The molecule has 0 spiro atoms. The molecule has 0 amide bonds. The number of nitrogens with two attached hydrogens (primary N) is 1. The summed E-state index contributed by atoms with van der Waals surface area (Å²) in [5.74, 6) is 0.593. The zero-order valence-electron chi connectivity index (χ0n) is 11.1. The van der Waals surface area contributed by atoms with E-state index >= 15 is 0 Å². The van der Waals surface area contributed by atoms with E-state index in [1.54, 1.807) is 11.3 Å². The number of hydrogen-bond donors (Lipinski definition) is 1. The third-order valence-electron chi connectivity index (χ3n) is 2.70. The van der Waals surface area contributed by atoms with Gasteiger partial charge in [0.25, 0.3) is 0 Å². The van der Waals surface area contributed by atoms with Crippen LogP contribution in [0.1, 0.15) is 30.0 Å². The molecule has 3 nitrogen and oxygen atoms in total. The Hall–Kier alpha value is -1.26. The molecule has 0 aromatic carbocycles. The van der Waals surface area contributed by atoms with Gasteiger partial charge in [0, 0.05) is 17.6 Å². The summed E-state index contributed by atoms with van der Waals surface area (Å²) in [6.45, 7) is 7.03. The summed E-state index contributed by atoms with van der Waals surface area (Å²) in [4.78, 5) is 10.3. The van der Waals surface area contributed by atoms with Crippen LogP contribution in [0.4, 0.5) is 0 Å². The lowest BCUT2D eigenvalue weighted by Gasteiger charge is -2.02. The summed E-state index contributed by atoms with van der Waals surface area (Å²) in [7, 11) is 0. The molecule has 0 saturated carbocycles. The molecule has 2 aromatic rings. The van der Waals surface area contributed by atoms with Crippen molar-refractivity contribution >= 4 is 11.3 Å². The number of aromatic nitrogens is 2. The quantitative estimate of drug-likeness (QED) is 0.919. The van der Waals surface area contributed by atoms with Gasteiger partial charge in [0.15, 0.2) is 0 Å².